The van der Waals surface area contributed by atoms with Crippen LogP contribution >= 0.6 is 0 Å². The van der Waals surface area contributed by atoms with E-state index in [2.05, 4.69) is 115 Å². The standard InChI is InChI=1S/C32H22BNO2/c1-19-11-13-24-28(15-19)35-30-17-21(18-31-32(30)33(24)25-14-12-20(2)16-29(25)36-31)34-26-9-5-3-7-22(26)23-8-4-6-10-27(23)34/h3-18H,1-2H3. The summed E-state index contributed by atoms with van der Waals surface area (Å²) in [6, 6.07) is 34.6. The summed E-state index contributed by atoms with van der Waals surface area (Å²) < 4.78 is 15.5. The molecule has 3 heterocycles. The van der Waals surface area contributed by atoms with Gasteiger partial charge in [-0.2, -0.15) is 0 Å². The van der Waals surface area contributed by atoms with Gasteiger partial charge in [-0.1, -0.05) is 60.7 Å². The van der Waals surface area contributed by atoms with E-state index < -0.39 is 0 Å². The minimum absolute atomic E-state index is 0.0795. The van der Waals surface area contributed by atoms with Crippen LogP contribution in [0.4, 0.5) is 0 Å². The zero-order valence-electron chi connectivity index (χ0n) is 20.1. The number of para-hydroxylation sites is 2. The number of rotatable bonds is 1. The Morgan fingerprint density at radius 1 is 0.556 bits per heavy atom. The lowest BCUT2D eigenvalue weighted by atomic mass is 9.35. The highest BCUT2D eigenvalue weighted by atomic mass is 16.5. The second-order valence-electron chi connectivity index (χ2n) is 9.95. The third-order valence-corrected chi connectivity index (χ3v) is 7.62. The molecule has 0 fully saturated rings. The van der Waals surface area contributed by atoms with Crippen molar-refractivity contribution in [1.29, 1.82) is 0 Å². The Kier molecular flexibility index (Phi) is 3.88. The smallest absolute Gasteiger partial charge is 0.260 e. The highest BCUT2D eigenvalue weighted by molar-refractivity contribution is 6.98. The molecule has 4 heteroatoms. The summed E-state index contributed by atoms with van der Waals surface area (Å²) in [5.41, 5.74) is 9.22. The number of hydrogen-bond acceptors (Lipinski definition) is 2. The molecule has 1 aromatic heterocycles. The summed E-state index contributed by atoms with van der Waals surface area (Å²) in [4.78, 5) is 0. The molecule has 170 valence electrons. The number of ether oxygens (including phenoxy) is 2. The van der Waals surface area contributed by atoms with Crippen molar-refractivity contribution < 1.29 is 9.47 Å². The Hall–Kier alpha value is -4.44. The van der Waals surface area contributed by atoms with Gasteiger partial charge in [0.05, 0.1) is 16.7 Å². The molecule has 0 aliphatic carbocycles. The van der Waals surface area contributed by atoms with E-state index >= 15 is 0 Å². The van der Waals surface area contributed by atoms with Crippen LogP contribution in [0.15, 0.2) is 97.1 Å². The van der Waals surface area contributed by atoms with Crippen LogP contribution in [0.2, 0.25) is 0 Å². The fourth-order valence-corrected chi connectivity index (χ4v) is 6.02. The van der Waals surface area contributed by atoms with E-state index in [1.807, 2.05) is 0 Å². The highest BCUT2D eigenvalue weighted by Gasteiger charge is 2.40. The number of benzene rings is 5. The van der Waals surface area contributed by atoms with Gasteiger partial charge >= 0.3 is 0 Å². The van der Waals surface area contributed by atoms with E-state index in [1.165, 1.54) is 43.9 Å². The van der Waals surface area contributed by atoms with Gasteiger partial charge in [0.1, 0.15) is 23.0 Å². The summed E-state index contributed by atoms with van der Waals surface area (Å²) >= 11 is 0. The van der Waals surface area contributed by atoms with Gasteiger partial charge in [-0.25, -0.2) is 0 Å². The average molecular weight is 463 g/mol. The monoisotopic (exact) mass is 463 g/mol. The molecule has 5 aromatic carbocycles. The predicted octanol–water partition coefficient (Wildman–Crippen LogP) is 6.13. The van der Waals surface area contributed by atoms with Gasteiger partial charge in [-0.3, -0.25) is 0 Å². The summed E-state index contributed by atoms with van der Waals surface area (Å²) in [6.07, 6.45) is 0. The molecule has 0 saturated carbocycles. The summed E-state index contributed by atoms with van der Waals surface area (Å²) in [7, 11) is 0. The molecular formula is C32H22BNO2. The maximum Gasteiger partial charge on any atom is 0.260 e. The van der Waals surface area contributed by atoms with Crippen molar-refractivity contribution in [3.63, 3.8) is 0 Å². The van der Waals surface area contributed by atoms with Gasteiger partial charge in [0.15, 0.2) is 0 Å². The lowest BCUT2D eigenvalue weighted by Crippen LogP contribution is -2.57. The van der Waals surface area contributed by atoms with E-state index in [1.54, 1.807) is 0 Å². The second kappa shape index (κ2) is 7.05. The molecular weight excluding hydrogens is 441 g/mol. The van der Waals surface area contributed by atoms with Crippen LogP contribution in [0.25, 0.3) is 27.5 Å². The molecule has 0 spiro atoms. The molecule has 0 bridgehead atoms. The number of aromatic nitrogens is 1. The molecule has 0 unspecified atom stereocenters. The second-order valence-corrected chi connectivity index (χ2v) is 9.95. The summed E-state index contributed by atoms with van der Waals surface area (Å²) in [5, 5.41) is 2.47. The van der Waals surface area contributed by atoms with Gasteiger partial charge < -0.3 is 14.0 Å². The largest absolute Gasteiger partial charge is 0.458 e. The molecule has 0 radical (unpaired) electrons. The molecule has 6 aromatic rings. The SMILES string of the molecule is Cc1ccc2c(c1)Oc1cc(-n3c4ccccc4c4ccccc43)cc3c1B2c1ccc(C)cc1O3. The zero-order chi connectivity index (χ0) is 24.0. The molecule has 0 atom stereocenters. The Balaban J connectivity index is 1.44. The predicted molar refractivity (Wildman–Crippen MR) is 148 cm³/mol. The summed E-state index contributed by atoms with van der Waals surface area (Å²) in [5.74, 6) is 3.56. The fourth-order valence-electron chi connectivity index (χ4n) is 6.02. The van der Waals surface area contributed by atoms with E-state index in [9.17, 15) is 0 Å². The Bertz CT molecular complexity index is 1750. The summed E-state index contributed by atoms with van der Waals surface area (Å²) in [6.45, 7) is 4.30. The minimum atomic E-state index is 0.0795. The maximum absolute atomic E-state index is 6.61. The van der Waals surface area contributed by atoms with Gasteiger partial charge in [-0.05, 0) is 60.2 Å². The average Bonchev–Trinajstić information content (AvgIpc) is 3.22. The third kappa shape index (κ3) is 2.64. The van der Waals surface area contributed by atoms with Crippen LogP contribution in [0.3, 0.4) is 0 Å². The molecule has 3 nitrogen and oxygen atoms in total. The Labute approximate surface area is 209 Å². The lowest BCUT2D eigenvalue weighted by molar-refractivity contribution is 0.464. The van der Waals surface area contributed by atoms with Crippen LogP contribution in [-0.2, 0) is 0 Å². The van der Waals surface area contributed by atoms with Crippen molar-refractivity contribution in [2.24, 2.45) is 0 Å². The van der Waals surface area contributed by atoms with E-state index in [0.717, 1.165) is 34.1 Å². The molecule has 0 N–H and O–H groups in total. The van der Waals surface area contributed by atoms with Crippen molar-refractivity contribution >= 4 is 44.9 Å². The van der Waals surface area contributed by atoms with E-state index in [4.69, 9.17) is 9.47 Å². The van der Waals surface area contributed by atoms with Crippen molar-refractivity contribution in [1.82, 2.24) is 4.57 Å². The van der Waals surface area contributed by atoms with Crippen molar-refractivity contribution in [2.45, 2.75) is 13.8 Å². The third-order valence-electron chi connectivity index (χ3n) is 7.62. The molecule has 2 aliphatic rings. The number of nitrogens with zero attached hydrogens (tertiary/aromatic N) is 1. The molecule has 0 amide bonds. The Morgan fingerprint density at radius 2 is 1.06 bits per heavy atom. The minimum Gasteiger partial charge on any atom is -0.458 e. The molecule has 0 saturated heterocycles. The first kappa shape index (κ1) is 19.8. The number of fused-ring (bicyclic) bond motifs is 7. The lowest BCUT2D eigenvalue weighted by Gasteiger charge is -2.33. The zero-order valence-corrected chi connectivity index (χ0v) is 20.1. The van der Waals surface area contributed by atoms with Crippen LogP contribution in [-0.4, -0.2) is 11.3 Å². The maximum atomic E-state index is 6.61. The quantitative estimate of drug-likeness (QED) is 0.274. The van der Waals surface area contributed by atoms with Crippen molar-refractivity contribution in [3.05, 3.63) is 108 Å². The highest BCUT2D eigenvalue weighted by Crippen LogP contribution is 2.39. The van der Waals surface area contributed by atoms with Crippen LogP contribution < -0.4 is 25.9 Å². The van der Waals surface area contributed by atoms with E-state index in [0.29, 0.717) is 0 Å². The van der Waals surface area contributed by atoms with Crippen LogP contribution in [0.5, 0.6) is 23.0 Å². The van der Waals surface area contributed by atoms with Gasteiger partial charge in [-0.15, -0.1) is 0 Å². The first-order valence-corrected chi connectivity index (χ1v) is 12.4. The van der Waals surface area contributed by atoms with Gasteiger partial charge in [0.25, 0.3) is 6.71 Å². The number of aryl methyl sites for hydroxylation is 2. The number of hydrogen-bond donors (Lipinski definition) is 0. The van der Waals surface area contributed by atoms with Crippen molar-refractivity contribution in [2.75, 3.05) is 0 Å². The normalized spacial score (nSPS) is 13.1. The molecule has 2 aliphatic heterocycles. The van der Waals surface area contributed by atoms with E-state index in [-0.39, 0.29) is 6.71 Å². The fraction of sp³-hybridized carbons (Fsp3) is 0.0625. The Morgan fingerprint density at radius 3 is 1.58 bits per heavy atom. The van der Waals surface area contributed by atoms with Gasteiger partial charge in [0.2, 0.25) is 0 Å². The molecule has 8 rings (SSSR count). The topological polar surface area (TPSA) is 23.4 Å². The first-order valence-electron chi connectivity index (χ1n) is 12.4. The van der Waals surface area contributed by atoms with Crippen molar-refractivity contribution in [3.8, 4) is 28.7 Å². The van der Waals surface area contributed by atoms with Gasteiger partial charge in [0, 0.05) is 28.4 Å². The molecule has 36 heavy (non-hydrogen) atoms. The first-order chi connectivity index (χ1) is 17.7. The van der Waals surface area contributed by atoms with Crippen LogP contribution in [0, 0.1) is 13.8 Å². The van der Waals surface area contributed by atoms with Crippen LogP contribution in [0.1, 0.15) is 11.1 Å².